The summed E-state index contributed by atoms with van der Waals surface area (Å²) in [6, 6.07) is 11.2. The van der Waals surface area contributed by atoms with Gasteiger partial charge in [-0.2, -0.15) is 0 Å². The molecule has 1 atom stereocenters. The first-order chi connectivity index (χ1) is 10.1. The van der Waals surface area contributed by atoms with Crippen LogP contribution in [0.2, 0.25) is 0 Å². The molecule has 112 valence electrons. The summed E-state index contributed by atoms with van der Waals surface area (Å²) in [6.07, 6.45) is 4.03. The molecular formula is C19H26N2. The van der Waals surface area contributed by atoms with Crippen LogP contribution in [0.5, 0.6) is 0 Å². The molecule has 1 aromatic carbocycles. The Labute approximate surface area is 128 Å². The minimum Gasteiger partial charge on any atom is -0.310 e. The van der Waals surface area contributed by atoms with Crippen LogP contribution in [0.3, 0.4) is 0 Å². The van der Waals surface area contributed by atoms with E-state index in [4.69, 9.17) is 0 Å². The number of hydrogen-bond acceptors (Lipinski definition) is 2. The average Bonchev–Trinajstić information content (AvgIpc) is 2.48. The Morgan fingerprint density at radius 3 is 2.57 bits per heavy atom. The lowest BCUT2D eigenvalue weighted by molar-refractivity contribution is 0.522. The standard InChI is InChI=1S/C19H26N2/c1-5-11-20-19(12-17-10-9-14(2)13-21-17)18-8-6-7-15(3)16(18)4/h6-10,13,19-20H,5,11-12H2,1-4H3. The molecule has 2 heteroatoms. The Bertz CT molecular complexity index is 573. The van der Waals surface area contributed by atoms with Crippen LogP contribution in [0.25, 0.3) is 0 Å². The lowest BCUT2D eigenvalue weighted by Crippen LogP contribution is -2.25. The SMILES string of the molecule is CCCNC(Cc1ccc(C)cn1)c1cccc(C)c1C. The van der Waals surface area contributed by atoms with E-state index in [2.05, 4.69) is 68.3 Å². The molecule has 2 rings (SSSR count). The van der Waals surface area contributed by atoms with Gasteiger partial charge in [-0.25, -0.2) is 0 Å². The maximum Gasteiger partial charge on any atom is 0.0422 e. The molecule has 0 saturated heterocycles. The molecule has 1 aromatic heterocycles. The first kappa shape index (κ1) is 15.7. The summed E-state index contributed by atoms with van der Waals surface area (Å²) < 4.78 is 0. The number of nitrogens with zero attached hydrogens (tertiary/aromatic N) is 1. The van der Waals surface area contributed by atoms with Crippen LogP contribution >= 0.6 is 0 Å². The number of nitrogens with one attached hydrogen (secondary N) is 1. The van der Waals surface area contributed by atoms with Crippen molar-refractivity contribution in [1.29, 1.82) is 0 Å². The van der Waals surface area contributed by atoms with Crippen LogP contribution in [-0.2, 0) is 6.42 Å². The van der Waals surface area contributed by atoms with E-state index in [-0.39, 0.29) is 0 Å². The molecule has 1 unspecified atom stereocenters. The van der Waals surface area contributed by atoms with Crippen molar-refractivity contribution in [2.75, 3.05) is 6.54 Å². The normalized spacial score (nSPS) is 12.4. The molecule has 1 N–H and O–H groups in total. The maximum atomic E-state index is 4.56. The molecule has 2 aromatic rings. The van der Waals surface area contributed by atoms with Gasteiger partial charge in [0.2, 0.25) is 0 Å². The predicted octanol–water partition coefficient (Wildman–Crippen LogP) is 4.29. The van der Waals surface area contributed by atoms with Crippen LogP contribution in [-0.4, -0.2) is 11.5 Å². The summed E-state index contributed by atoms with van der Waals surface area (Å²) in [7, 11) is 0. The summed E-state index contributed by atoms with van der Waals surface area (Å²) in [4.78, 5) is 4.56. The molecule has 0 saturated carbocycles. The van der Waals surface area contributed by atoms with Crippen molar-refractivity contribution in [3.05, 3.63) is 64.5 Å². The number of aromatic nitrogens is 1. The summed E-state index contributed by atoms with van der Waals surface area (Å²) in [5.41, 5.74) is 6.50. The van der Waals surface area contributed by atoms with E-state index in [1.807, 2.05) is 6.20 Å². The monoisotopic (exact) mass is 282 g/mol. The second-order valence-electron chi connectivity index (χ2n) is 5.83. The van der Waals surface area contributed by atoms with Gasteiger partial charge in [0.05, 0.1) is 0 Å². The van der Waals surface area contributed by atoms with Crippen molar-refractivity contribution in [1.82, 2.24) is 10.3 Å². The molecule has 0 aliphatic rings. The smallest absolute Gasteiger partial charge is 0.0422 e. The second-order valence-corrected chi connectivity index (χ2v) is 5.83. The number of hydrogen-bond donors (Lipinski definition) is 1. The molecule has 2 nitrogen and oxygen atoms in total. The highest BCUT2D eigenvalue weighted by Gasteiger charge is 2.15. The lowest BCUT2D eigenvalue weighted by Gasteiger charge is -2.22. The Balaban J connectivity index is 2.25. The van der Waals surface area contributed by atoms with E-state index in [9.17, 15) is 0 Å². The van der Waals surface area contributed by atoms with Crippen LogP contribution in [0, 0.1) is 20.8 Å². The van der Waals surface area contributed by atoms with Crippen LogP contribution in [0.15, 0.2) is 36.5 Å². The van der Waals surface area contributed by atoms with E-state index >= 15 is 0 Å². The van der Waals surface area contributed by atoms with Crippen molar-refractivity contribution in [2.24, 2.45) is 0 Å². The van der Waals surface area contributed by atoms with Crippen LogP contribution in [0.1, 0.15) is 47.3 Å². The molecule has 1 heterocycles. The average molecular weight is 282 g/mol. The maximum absolute atomic E-state index is 4.56. The second kappa shape index (κ2) is 7.37. The van der Waals surface area contributed by atoms with Gasteiger partial charge in [-0.3, -0.25) is 4.98 Å². The fourth-order valence-corrected chi connectivity index (χ4v) is 2.59. The van der Waals surface area contributed by atoms with Crippen molar-refractivity contribution < 1.29 is 0 Å². The Morgan fingerprint density at radius 2 is 1.90 bits per heavy atom. The summed E-state index contributed by atoms with van der Waals surface area (Å²) in [6.45, 7) is 9.71. The van der Waals surface area contributed by atoms with Crippen LogP contribution in [0.4, 0.5) is 0 Å². The highest BCUT2D eigenvalue weighted by atomic mass is 14.9. The molecule has 0 aliphatic carbocycles. The van der Waals surface area contributed by atoms with Crippen molar-refractivity contribution in [3.63, 3.8) is 0 Å². The van der Waals surface area contributed by atoms with Gasteiger partial charge in [0.15, 0.2) is 0 Å². The highest BCUT2D eigenvalue weighted by molar-refractivity contribution is 5.36. The Morgan fingerprint density at radius 1 is 1.10 bits per heavy atom. The molecule has 0 fully saturated rings. The summed E-state index contributed by atoms with van der Waals surface area (Å²) in [5, 5.41) is 3.68. The fourth-order valence-electron chi connectivity index (χ4n) is 2.59. The Kier molecular flexibility index (Phi) is 5.51. The minimum absolute atomic E-state index is 0.333. The largest absolute Gasteiger partial charge is 0.310 e. The summed E-state index contributed by atoms with van der Waals surface area (Å²) >= 11 is 0. The predicted molar refractivity (Wildman–Crippen MR) is 89.6 cm³/mol. The minimum atomic E-state index is 0.333. The van der Waals surface area contributed by atoms with Crippen molar-refractivity contribution >= 4 is 0 Å². The van der Waals surface area contributed by atoms with Crippen molar-refractivity contribution in [2.45, 2.75) is 46.6 Å². The quantitative estimate of drug-likeness (QED) is 0.855. The highest BCUT2D eigenvalue weighted by Crippen LogP contribution is 2.23. The third-order valence-electron chi connectivity index (χ3n) is 4.05. The topological polar surface area (TPSA) is 24.9 Å². The van der Waals surface area contributed by atoms with Gasteiger partial charge < -0.3 is 5.32 Å². The fraction of sp³-hybridized carbons (Fsp3) is 0.421. The number of benzene rings is 1. The Hall–Kier alpha value is -1.67. The first-order valence-electron chi connectivity index (χ1n) is 7.82. The molecule has 0 amide bonds. The third-order valence-corrected chi connectivity index (χ3v) is 4.05. The molecule has 0 bridgehead atoms. The van der Waals surface area contributed by atoms with E-state index in [1.54, 1.807) is 0 Å². The van der Waals surface area contributed by atoms with Gasteiger partial charge >= 0.3 is 0 Å². The molecular weight excluding hydrogens is 256 g/mol. The molecule has 0 spiro atoms. The zero-order valence-electron chi connectivity index (χ0n) is 13.6. The van der Waals surface area contributed by atoms with E-state index in [0.29, 0.717) is 6.04 Å². The first-order valence-corrected chi connectivity index (χ1v) is 7.82. The number of rotatable bonds is 6. The van der Waals surface area contributed by atoms with Gasteiger partial charge in [-0.15, -0.1) is 0 Å². The zero-order valence-corrected chi connectivity index (χ0v) is 13.6. The lowest BCUT2D eigenvalue weighted by atomic mass is 9.94. The zero-order chi connectivity index (χ0) is 15.2. The molecule has 0 radical (unpaired) electrons. The van der Waals surface area contributed by atoms with Gasteiger partial charge in [-0.1, -0.05) is 31.2 Å². The number of pyridine rings is 1. The van der Waals surface area contributed by atoms with Gasteiger partial charge in [0.1, 0.15) is 0 Å². The van der Waals surface area contributed by atoms with Gasteiger partial charge in [-0.05, 0) is 62.1 Å². The van der Waals surface area contributed by atoms with E-state index in [0.717, 1.165) is 25.1 Å². The van der Waals surface area contributed by atoms with E-state index in [1.165, 1.54) is 22.3 Å². The van der Waals surface area contributed by atoms with Crippen LogP contribution < -0.4 is 5.32 Å². The van der Waals surface area contributed by atoms with Gasteiger partial charge in [0.25, 0.3) is 0 Å². The summed E-state index contributed by atoms with van der Waals surface area (Å²) in [5.74, 6) is 0. The molecule has 21 heavy (non-hydrogen) atoms. The van der Waals surface area contributed by atoms with Gasteiger partial charge in [0, 0.05) is 24.4 Å². The van der Waals surface area contributed by atoms with Crippen molar-refractivity contribution in [3.8, 4) is 0 Å². The van der Waals surface area contributed by atoms with E-state index < -0.39 is 0 Å². The third kappa shape index (κ3) is 4.15. The molecule has 0 aliphatic heterocycles. The number of aryl methyl sites for hydroxylation is 2.